The molecule has 3 aromatic carbocycles. The third-order valence-corrected chi connectivity index (χ3v) is 8.96. The minimum atomic E-state index is -0.883. The molecule has 1 unspecified atom stereocenters. The second kappa shape index (κ2) is 17.4. The van der Waals surface area contributed by atoms with E-state index in [1.54, 1.807) is 12.1 Å². The normalized spacial score (nSPS) is 13.2. The lowest BCUT2D eigenvalue weighted by atomic mass is 9.87. The first-order valence-corrected chi connectivity index (χ1v) is 17.6. The van der Waals surface area contributed by atoms with E-state index in [1.807, 2.05) is 37.3 Å². The van der Waals surface area contributed by atoms with Crippen molar-refractivity contribution in [3.63, 3.8) is 0 Å². The number of hydrogen-bond donors (Lipinski definition) is 2. The van der Waals surface area contributed by atoms with Gasteiger partial charge in [0.2, 0.25) is 0 Å². The predicted molar refractivity (Wildman–Crippen MR) is 194 cm³/mol. The molecule has 1 aliphatic carbocycles. The predicted octanol–water partition coefficient (Wildman–Crippen LogP) is 10.1. The van der Waals surface area contributed by atoms with Crippen molar-refractivity contribution in [3.8, 4) is 11.3 Å². The molecule has 260 valence electrons. The molecule has 0 amide bonds. The topological polar surface area (TPSA) is 118 Å². The monoisotopic (exact) mass is 685 g/mol. The van der Waals surface area contributed by atoms with Crippen LogP contribution in [0.5, 0.6) is 0 Å². The average molecular weight is 686 g/mol. The molecule has 49 heavy (non-hydrogen) atoms. The fourth-order valence-corrected chi connectivity index (χ4v) is 6.39. The Morgan fingerprint density at radius 2 is 1.47 bits per heavy atom. The summed E-state index contributed by atoms with van der Waals surface area (Å²) in [6.07, 6.45) is 4.83. The van der Waals surface area contributed by atoms with Crippen molar-refractivity contribution in [3.05, 3.63) is 111 Å². The Morgan fingerprint density at radius 1 is 0.878 bits per heavy atom. The molecule has 1 aliphatic rings. The zero-order chi connectivity index (χ0) is 35.7. The maximum atomic E-state index is 13.1. The number of aryl methyl sites for hydroxylation is 1. The molecule has 0 spiro atoms. The van der Waals surface area contributed by atoms with Crippen LogP contribution in [0.25, 0.3) is 11.3 Å². The molecule has 1 fully saturated rings. The van der Waals surface area contributed by atoms with Crippen molar-refractivity contribution in [1.29, 1.82) is 0 Å². The molecule has 7 nitrogen and oxygen atoms in total. The molecule has 0 bridgehead atoms. The van der Waals surface area contributed by atoms with E-state index in [2.05, 4.69) is 57.1 Å². The third-order valence-electron chi connectivity index (χ3n) is 8.61. The standard InChI is InChI=1S/C30H34ClNO4.C11H14O2/c1-18(2)14-20-5-8-22(9-6-20)30-28(21-10-11-21)29(32-36-30)24(12-13-27(34)35)17-25(33)16-23-7-4-19(3)15-26(23)31;1-8(2)7-9-3-5-10(6-4-9)11(12)13/h4-9,15,18,21,24H,10-14,16-17H2,1-3H3,(H,34,35);3-6,8H,7H2,1-2H3,(H,12,13). The van der Waals surface area contributed by atoms with Gasteiger partial charge in [0, 0.05) is 41.3 Å². The highest BCUT2D eigenvalue weighted by Gasteiger charge is 2.36. The molecular formula is C41H48ClNO6. The second-order valence-corrected chi connectivity index (χ2v) is 14.5. The van der Waals surface area contributed by atoms with Crippen molar-refractivity contribution in [2.45, 2.75) is 97.8 Å². The second-order valence-electron chi connectivity index (χ2n) is 14.1. The SMILES string of the molecule is CC(C)Cc1ccc(C(=O)O)cc1.Cc1ccc(CC(=O)CC(CCC(=O)O)c2noc(-c3ccc(CC(C)C)cc3)c2C2CC2)c(Cl)c1. The third kappa shape index (κ3) is 11.4. The number of nitrogens with zero attached hydrogens (tertiary/aromatic N) is 1. The summed E-state index contributed by atoms with van der Waals surface area (Å²) in [4.78, 5) is 35.1. The van der Waals surface area contributed by atoms with E-state index in [9.17, 15) is 19.5 Å². The molecule has 0 aliphatic heterocycles. The highest BCUT2D eigenvalue weighted by molar-refractivity contribution is 6.31. The van der Waals surface area contributed by atoms with Crippen LogP contribution in [0.2, 0.25) is 5.02 Å². The lowest BCUT2D eigenvalue weighted by Gasteiger charge is -2.15. The van der Waals surface area contributed by atoms with Crippen LogP contribution in [-0.4, -0.2) is 33.1 Å². The zero-order valence-corrected chi connectivity index (χ0v) is 29.9. The van der Waals surface area contributed by atoms with Crippen LogP contribution in [0.4, 0.5) is 0 Å². The van der Waals surface area contributed by atoms with Crippen molar-refractivity contribution >= 4 is 29.3 Å². The molecule has 1 aromatic heterocycles. The van der Waals surface area contributed by atoms with Crippen LogP contribution in [0.3, 0.4) is 0 Å². The largest absolute Gasteiger partial charge is 0.481 e. The summed E-state index contributed by atoms with van der Waals surface area (Å²) in [5.41, 5.74) is 7.41. The molecule has 1 saturated carbocycles. The molecule has 0 saturated heterocycles. The molecule has 1 atom stereocenters. The van der Waals surface area contributed by atoms with E-state index < -0.39 is 11.9 Å². The average Bonchev–Trinajstić information content (AvgIpc) is 3.78. The van der Waals surface area contributed by atoms with Gasteiger partial charge in [0.1, 0.15) is 5.78 Å². The van der Waals surface area contributed by atoms with Gasteiger partial charge in [-0.2, -0.15) is 0 Å². The molecule has 2 N–H and O–H groups in total. The van der Waals surface area contributed by atoms with Crippen LogP contribution in [-0.2, 0) is 28.9 Å². The van der Waals surface area contributed by atoms with Gasteiger partial charge < -0.3 is 14.7 Å². The van der Waals surface area contributed by atoms with Crippen LogP contribution < -0.4 is 0 Å². The van der Waals surface area contributed by atoms with Gasteiger partial charge in [-0.25, -0.2) is 4.79 Å². The van der Waals surface area contributed by atoms with E-state index in [-0.39, 0.29) is 31.0 Å². The molecule has 1 heterocycles. The summed E-state index contributed by atoms with van der Waals surface area (Å²) >= 11 is 6.36. The lowest BCUT2D eigenvalue weighted by Crippen LogP contribution is -2.13. The Kier molecular flexibility index (Phi) is 13.4. The smallest absolute Gasteiger partial charge is 0.335 e. The quantitative estimate of drug-likeness (QED) is 0.128. The maximum absolute atomic E-state index is 13.1. The summed E-state index contributed by atoms with van der Waals surface area (Å²) in [7, 11) is 0. The first kappa shape index (κ1) is 37.6. The first-order valence-electron chi connectivity index (χ1n) is 17.2. The fourth-order valence-electron chi connectivity index (χ4n) is 6.09. The van der Waals surface area contributed by atoms with Crippen LogP contribution in [0.15, 0.2) is 71.3 Å². The van der Waals surface area contributed by atoms with Gasteiger partial charge in [0.05, 0.1) is 11.3 Å². The van der Waals surface area contributed by atoms with Crippen molar-refractivity contribution < 1.29 is 29.1 Å². The number of aliphatic carboxylic acids is 1. The molecular weight excluding hydrogens is 638 g/mol. The summed E-state index contributed by atoms with van der Waals surface area (Å²) in [5, 5.41) is 23.0. The van der Waals surface area contributed by atoms with Gasteiger partial charge in [0.15, 0.2) is 5.76 Å². The number of hydrogen-bond acceptors (Lipinski definition) is 5. The van der Waals surface area contributed by atoms with Crippen molar-refractivity contribution in [1.82, 2.24) is 5.16 Å². The van der Waals surface area contributed by atoms with Gasteiger partial charge in [0.25, 0.3) is 0 Å². The fraction of sp³-hybridized carbons (Fsp3) is 0.415. The number of rotatable bonds is 15. The Bertz CT molecular complexity index is 1720. The summed E-state index contributed by atoms with van der Waals surface area (Å²) in [5.74, 6) is 0.227. The Morgan fingerprint density at radius 3 is 1.98 bits per heavy atom. The summed E-state index contributed by atoms with van der Waals surface area (Å²) in [6.45, 7) is 10.6. The van der Waals surface area contributed by atoms with Gasteiger partial charge in [-0.3, -0.25) is 9.59 Å². The van der Waals surface area contributed by atoms with Gasteiger partial charge in [-0.15, -0.1) is 0 Å². The Labute approximate surface area is 294 Å². The Balaban J connectivity index is 0.000000350. The van der Waals surface area contributed by atoms with Crippen LogP contribution in [0.1, 0.15) is 116 Å². The number of Topliss-reactive ketones (excluding diaryl/α,β-unsaturated/α-hetero) is 1. The number of halogens is 1. The van der Waals surface area contributed by atoms with E-state index in [4.69, 9.17) is 21.2 Å². The molecule has 0 radical (unpaired) electrons. The van der Waals surface area contributed by atoms with E-state index in [0.29, 0.717) is 34.8 Å². The van der Waals surface area contributed by atoms with E-state index in [0.717, 1.165) is 59.4 Å². The Hall–Kier alpha value is -4.23. The van der Waals surface area contributed by atoms with Gasteiger partial charge in [-0.05, 0) is 97.2 Å². The zero-order valence-electron chi connectivity index (χ0n) is 29.2. The number of aromatic nitrogens is 1. The number of carboxylic acids is 2. The number of ketones is 1. The molecule has 5 rings (SSSR count). The minimum Gasteiger partial charge on any atom is -0.481 e. The summed E-state index contributed by atoms with van der Waals surface area (Å²) < 4.78 is 5.89. The number of aromatic carboxylic acids is 1. The van der Waals surface area contributed by atoms with Crippen molar-refractivity contribution in [2.75, 3.05) is 0 Å². The number of carboxylic acid groups (broad SMARTS) is 2. The van der Waals surface area contributed by atoms with Crippen LogP contribution in [0, 0.1) is 18.8 Å². The lowest BCUT2D eigenvalue weighted by molar-refractivity contribution is -0.137. The molecule has 8 heteroatoms. The van der Waals surface area contributed by atoms with Gasteiger partial charge in [-0.1, -0.05) is 93.0 Å². The van der Waals surface area contributed by atoms with Gasteiger partial charge >= 0.3 is 11.9 Å². The number of carbonyl (C=O) groups excluding carboxylic acids is 1. The van der Waals surface area contributed by atoms with Crippen molar-refractivity contribution in [2.24, 2.45) is 11.8 Å². The number of carbonyl (C=O) groups is 3. The van der Waals surface area contributed by atoms with E-state index >= 15 is 0 Å². The minimum absolute atomic E-state index is 0.0143. The van der Waals surface area contributed by atoms with Crippen LogP contribution >= 0.6 is 11.6 Å². The van der Waals surface area contributed by atoms with E-state index in [1.165, 1.54) is 11.1 Å². The summed E-state index contributed by atoms with van der Waals surface area (Å²) in [6, 6.07) is 21.2. The highest BCUT2D eigenvalue weighted by atomic mass is 35.5. The molecule has 4 aromatic rings. The first-order chi connectivity index (χ1) is 23.3. The number of benzene rings is 3. The highest BCUT2D eigenvalue weighted by Crippen LogP contribution is 2.49. The maximum Gasteiger partial charge on any atom is 0.335 e.